The summed E-state index contributed by atoms with van der Waals surface area (Å²) in [5.74, 6) is 0.707. The molecule has 1 atom stereocenters. The molecule has 0 saturated heterocycles. The van der Waals surface area contributed by atoms with Crippen LogP contribution in [-0.2, 0) is 17.8 Å². The zero-order valence-corrected chi connectivity index (χ0v) is 15.0. The Bertz CT molecular complexity index is 526. The molecule has 1 rings (SSSR count). The topological polar surface area (TPSA) is 56.7 Å². The highest BCUT2D eigenvalue weighted by atomic mass is 16.2. The van der Waals surface area contributed by atoms with Gasteiger partial charge in [0.15, 0.2) is 5.96 Å². The van der Waals surface area contributed by atoms with Crippen LogP contribution in [-0.4, -0.2) is 43.4 Å². The van der Waals surface area contributed by atoms with Crippen LogP contribution in [0.3, 0.4) is 0 Å². The molecule has 0 spiro atoms. The van der Waals surface area contributed by atoms with Gasteiger partial charge in [-0.1, -0.05) is 38.1 Å². The van der Waals surface area contributed by atoms with Crippen LogP contribution in [0.4, 0.5) is 0 Å². The van der Waals surface area contributed by atoms with Gasteiger partial charge in [0.25, 0.3) is 0 Å². The van der Waals surface area contributed by atoms with Crippen molar-refractivity contribution in [1.82, 2.24) is 15.5 Å². The number of nitrogens with one attached hydrogen (secondary N) is 2. The van der Waals surface area contributed by atoms with E-state index < -0.39 is 0 Å². The number of nitrogens with zero attached hydrogens (tertiary/aromatic N) is 2. The Kier molecular flexibility index (Phi) is 8.16. The molecule has 1 aromatic rings. The normalized spacial score (nSPS) is 12.7. The van der Waals surface area contributed by atoms with Crippen molar-refractivity contribution in [2.45, 2.75) is 46.2 Å². The lowest BCUT2D eigenvalue weighted by Gasteiger charge is -2.18. The number of benzene rings is 1. The summed E-state index contributed by atoms with van der Waals surface area (Å²) in [4.78, 5) is 18.0. The molecule has 5 nitrogen and oxygen atoms in total. The van der Waals surface area contributed by atoms with Gasteiger partial charge in [0.2, 0.25) is 5.91 Å². The van der Waals surface area contributed by atoms with Gasteiger partial charge in [0.1, 0.15) is 0 Å². The largest absolute Gasteiger partial charge is 0.354 e. The highest BCUT2D eigenvalue weighted by Gasteiger charge is 2.08. The van der Waals surface area contributed by atoms with E-state index in [1.54, 1.807) is 19.0 Å². The van der Waals surface area contributed by atoms with Gasteiger partial charge in [-0.2, -0.15) is 0 Å². The van der Waals surface area contributed by atoms with Gasteiger partial charge >= 0.3 is 0 Å². The fraction of sp³-hybridized carbons (Fsp3) is 0.556. The molecular weight excluding hydrogens is 288 g/mol. The molecule has 1 aromatic carbocycles. The minimum atomic E-state index is 0.0256. The maximum absolute atomic E-state index is 11.8. The summed E-state index contributed by atoms with van der Waals surface area (Å²) in [5, 5.41) is 6.46. The number of hydrogen-bond acceptors (Lipinski definition) is 2. The summed E-state index contributed by atoms with van der Waals surface area (Å²) in [6.07, 6.45) is 1.99. The second-order valence-corrected chi connectivity index (χ2v) is 5.88. The average molecular weight is 318 g/mol. The molecular formula is C18H30N4O. The summed E-state index contributed by atoms with van der Waals surface area (Å²) >= 11 is 0. The van der Waals surface area contributed by atoms with Crippen molar-refractivity contribution in [3.8, 4) is 0 Å². The molecule has 128 valence electrons. The SMILES string of the molecule is CCc1ccccc1CN=C(NCC(=O)N(C)C)NC(C)CC. The third-order valence-corrected chi connectivity index (χ3v) is 3.81. The van der Waals surface area contributed by atoms with E-state index in [0.717, 1.165) is 12.8 Å². The Labute approximate surface area is 140 Å². The van der Waals surface area contributed by atoms with E-state index >= 15 is 0 Å². The van der Waals surface area contributed by atoms with E-state index in [2.05, 4.69) is 54.6 Å². The van der Waals surface area contributed by atoms with E-state index in [-0.39, 0.29) is 12.5 Å². The van der Waals surface area contributed by atoms with E-state index in [0.29, 0.717) is 18.5 Å². The molecule has 0 aliphatic carbocycles. The Hall–Kier alpha value is -2.04. The zero-order valence-electron chi connectivity index (χ0n) is 15.0. The molecule has 2 N–H and O–H groups in total. The van der Waals surface area contributed by atoms with Gasteiger partial charge in [-0.05, 0) is 30.9 Å². The summed E-state index contributed by atoms with van der Waals surface area (Å²) in [5.41, 5.74) is 2.53. The fourth-order valence-electron chi connectivity index (χ4n) is 2.03. The lowest BCUT2D eigenvalue weighted by molar-refractivity contribution is -0.127. The first-order chi connectivity index (χ1) is 11.0. The van der Waals surface area contributed by atoms with Crippen LogP contribution >= 0.6 is 0 Å². The summed E-state index contributed by atoms with van der Waals surface area (Å²) in [6, 6.07) is 8.63. The average Bonchev–Trinajstić information content (AvgIpc) is 2.56. The van der Waals surface area contributed by atoms with Crippen LogP contribution in [0.15, 0.2) is 29.3 Å². The molecule has 0 radical (unpaired) electrons. The van der Waals surface area contributed by atoms with Crippen LogP contribution in [0.5, 0.6) is 0 Å². The maximum Gasteiger partial charge on any atom is 0.241 e. The quantitative estimate of drug-likeness (QED) is 0.598. The monoisotopic (exact) mass is 318 g/mol. The second-order valence-electron chi connectivity index (χ2n) is 5.88. The van der Waals surface area contributed by atoms with Crippen molar-refractivity contribution < 1.29 is 4.79 Å². The van der Waals surface area contributed by atoms with E-state index in [4.69, 9.17) is 0 Å². The molecule has 0 fully saturated rings. The van der Waals surface area contributed by atoms with Crippen molar-refractivity contribution in [1.29, 1.82) is 0 Å². The van der Waals surface area contributed by atoms with Gasteiger partial charge in [-0.25, -0.2) is 4.99 Å². The number of guanidine groups is 1. The first-order valence-corrected chi connectivity index (χ1v) is 8.29. The van der Waals surface area contributed by atoms with Crippen molar-refractivity contribution in [2.75, 3.05) is 20.6 Å². The fourth-order valence-corrected chi connectivity index (χ4v) is 2.03. The predicted molar refractivity (Wildman–Crippen MR) is 96.5 cm³/mol. The standard InChI is InChI=1S/C18H30N4O/c1-6-14(3)21-18(20-13-17(23)22(4)5)19-12-16-11-9-8-10-15(16)7-2/h8-11,14H,6-7,12-13H2,1-5H3,(H2,19,20,21). The molecule has 0 saturated carbocycles. The van der Waals surface area contributed by atoms with E-state index in [9.17, 15) is 4.79 Å². The third-order valence-electron chi connectivity index (χ3n) is 3.81. The van der Waals surface area contributed by atoms with Crippen LogP contribution < -0.4 is 10.6 Å². The Morgan fingerprint density at radius 2 is 1.87 bits per heavy atom. The summed E-state index contributed by atoms with van der Waals surface area (Å²) < 4.78 is 0. The van der Waals surface area contributed by atoms with Gasteiger partial charge in [0, 0.05) is 20.1 Å². The Morgan fingerprint density at radius 3 is 2.43 bits per heavy atom. The molecule has 1 amide bonds. The number of aliphatic imine (C=N–C) groups is 1. The van der Waals surface area contributed by atoms with Crippen LogP contribution in [0.1, 0.15) is 38.3 Å². The Morgan fingerprint density at radius 1 is 1.22 bits per heavy atom. The lowest BCUT2D eigenvalue weighted by atomic mass is 10.1. The summed E-state index contributed by atoms with van der Waals surface area (Å²) in [7, 11) is 3.50. The number of amides is 1. The zero-order chi connectivity index (χ0) is 17.2. The van der Waals surface area contributed by atoms with Gasteiger partial charge in [0.05, 0.1) is 13.1 Å². The second kappa shape index (κ2) is 9.87. The first-order valence-electron chi connectivity index (χ1n) is 8.29. The van der Waals surface area contributed by atoms with Gasteiger partial charge in [-0.3, -0.25) is 4.79 Å². The number of likely N-dealkylation sites (N-methyl/N-ethyl adjacent to an activating group) is 1. The minimum absolute atomic E-state index is 0.0256. The van der Waals surface area contributed by atoms with Gasteiger partial charge < -0.3 is 15.5 Å². The number of carbonyl (C=O) groups is 1. The third kappa shape index (κ3) is 6.72. The molecule has 0 aromatic heterocycles. The van der Waals surface area contributed by atoms with Crippen LogP contribution in [0.2, 0.25) is 0 Å². The highest BCUT2D eigenvalue weighted by molar-refractivity contribution is 5.86. The van der Waals surface area contributed by atoms with Crippen molar-refractivity contribution in [3.05, 3.63) is 35.4 Å². The molecule has 0 aliphatic heterocycles. The number of carbonyl (C=O) groups excluding carboxylic acids is 1. The van der Waals surface area contributed by atoms with Crippen molar-refractivity contribution in [2.24, 2.45) is 4.99 Å². The number of hydrogen-bond donors (Lipinski definition) is 2. The van der Waals surface area contributed by atoms with Crippen molar-refractivity contribution in [3.63, 3.8) is 0 Å². The minimum Gasteiger partial charge on any atom is -0.354 e. The highest BCUT2D eigenvalue weighted by Crippen LogP contribution is 2.10. The smallest absolute Gasteiger partial charge is 0.241 e. The number of aryl methyl sites for hydroxylation is 1. The Balaban J connectivity index is 2.79. The molecule has 0 bridgehead atoms. The van der Waals surface area contributed by atoms with Crippen LogP contribution in [0.25, 0.3) is 0 Å². The van der Waals surface area contributed by atoms with Gasteiger partial charge in [-0.15, -0.1) is 0 Å². The summed E-state index contributed by atoms with van der Waals surface area (Å²) in [6.45, 7) is 7.21. The predicted octanol–water partition coefficient (Wildman–Crippen LogP) is 2.17. The van der Waals surface area contributed by atoms with Crippen molar-refractivity contribution >= 4 is 11.9 Å². The van der Waals surface area contributed by atoms with E-state index in [1.165, 1.54) is 11.1 Å². The maximum atomic E-state index is 11.8. The molecule has 23 heavy (non-hydrogen) atoms. The van der Waals surface area contributed by atoms with Crippen LogP contribution in [0, 0.1) is 0 Å². The molecule has 0 heterocycles. The lowest BCUT2D eigenvalue weighted by Crippen LogP contribution is -2.45. The molecule has 1 unspecified atom stereocenters. The van der Waals surface area contributed by atoms with E-state index in [1.807, 2.05) is 6.07 Å². The first kappa shape index (κ1) is 19.0. The molecule has 0 aliphatic rings. The number of rotatable bonds is 7. The molecule has 5 heteroatoms.